The topological polar surface area (TPSA) is 230 Å². The summed E-state index contributed by atoms with van der Waals surface area (Å²) >= 11 is 0. The third-order valence-corrected chi connectivity index (χ3v) is 0. The van der Waals surface area contributed by atoms with Gasteiger partial charge in [-0.2, -0.15) is 0 Å². The monoisotopic (exact) mass is 458 g/mol. The molecule has 0 bridgehead atoms. The number of rotatable bonds is 0. The molecule has 0 amide bonds. The Morgan fingerprint density at radius 1 is 0.381 bits per heavy atom. The molecule has 0 aromatic heterocycles. The van der Waals surface area contributed by atoms with Crippen molar-refractivity contribution in [2.45, 2.75) is 0 Å². The fourth-order valence-corrected chi connectivity index (χ4v) is 0. The van der Waals surface area contributed by atoms with Crippen LogP contribution in [0.15, 0.2) is 0 Å². The fourth-order valence-electron chi connectivity index (χ4n) is 0. The molecular weight excluding hydrogens is 440 g/mol. The molecule has 17 heteroatoms. The summed E-state index contributed by atoms with van der Waals surface area (Å²) in [6, 6.07) is 0. The third-order valence-electron chi connectivity index (χ3n) is 0. The standard InChI is InChI=1S/4CH2O3.5Ca.10H/c4*2-1(3)4;;;;;;;;;;;;;;;/h4*(H2,2,3,4);;;;;;;;;;;;;;;/q;;;;5*+2;10*-1. The summed E-state index contributed by atoms with van der Waals surface area (Å²) in [4.78, 5) is 34.2. The number of carboxylic acid groups (broad SMARTS) is 8. The molecule has 0 unspecified atom stereocenters. The average molecular weight is 459 g/mol. The van der Waals surface area contributed by atoms with E-state index in [0.29, 0.717) is 0 Å². The molecule has 0 aliphatic heterocycles. The van der Waals surface area contributed by atoms with Crippen molar-refractivity contribution in [2.75, 3.05) is 0 Å². The minimum Gasteiger partial charge on any atom is -1.00 e. The zero-order valence-corrected chi connectivity index (χ0v) is 21.8. The fraction of sp³-hybridized carbons (Fsp3) is 0. The molecule has 0 atom stereocenters. The second-order valence-corrected chi connectivity index (χ2v) is 1.13. The first-order chi connectivity index (χ1) is 6.93. The summed E-state index contributed by atoms with van der Waals surface area (Å²) in [6.45, 7) is 0. The van der Waals surface area contributed by atoms with E-state index in [0.717, 1.165) is 0 Å². The first-order valence-corrected chi connectivity index (χ1v) is 2.61. The van der Waals surface area contributed by atoms with Crippen LogP contribution in [-0.4, -0.2) is 254 Å². The SMILES string of the molecule is O=C(O)O.O=C(O)O.O=C(O)O.O=C(O)O.[Ca+2].[Ca+2].[Ca+2].[Ca+2].[Ca+2].[H-].[H-].[H-].[H-].[H-].[H-].[H-].[H-].[H-].[H-]. The maximum Gasteiger partial charge on any atom is 2.00 e. The molecule has 0 saturated heterocycles. The van der Waals surface area contributed by atoms with Gasteiger partial charge in [0.2, 0.25) is 0 Å². The van der Waals surface area contributed by atoms with E-state index in [1.807, 2.05) is 0 Å². The molecule has 12 nitrogen and oxygen atoms in total. The molecule has 0 aromatic rings. The van der Waals surface area contributed by atoms with Gasteiger partial charge in [-0.05, 0) is 0 Å². The summed E-state index contributed by atoms with van der Waals surface area (Å²) in [5.74, 6) is 0. The van der Waals surface area contributed by atoms with Gasteiger partial charge in [0.15, 0.2) is 0 Å². The maximum absolute atomic E-state index is 8.56. The normalized spacial score (nSPS) is 4.57. The molecular formula is C4H18Ca5O12. The van der Waals surface area contributed by atoms with E-state index in [1.165, 1.54) is 0 Å². The van der Waals surface area contributed by atoms with E-state index in [4.69, 9.17) is 60.0 Å². The Labute approximate surface area is 281 Å². The van der Waals surface area contributed by atoms with Crippen LogP contribution in [0.4, 0.5) is 19.2 Å². The van der Waals surface area contributed by atoms with Gasteiger partial charge < -0.3 is 55.1 Å². The molecule has 0 saturated carbocycles. The van der Waals surface area contributed by atoms with Crippen LogP contribution in [0, 0.1) is 0 Å². The Morgan fingerprint density at radius 2 is 0.381 bits per heavy atom. The second kappa shape index (κ2) is 49.5. The largest absolute Gasteiger partial charge is 2.00 e. The van der Waals surface area contributed by atoms with Gasteiger partial charge in [0.05, 0.1) is 0 Å². The van der Waals surface area contributed by atoms with Crippen LogP contribution in [0.1, 0.15) is 14.3 Å². The van der Waals surface area contributed by atoms with Crippen molar-refractivity contribution in [1.82, 2.24) is 0 Å². The van der Waals surface area contributed by atoms with E-state index in [2.05, 4.69) is 0 Å². The smallest absolute Gasteiger partial charge is 1.00 e. The summed E-state index contributed by atoms with van der Waals surface area (Å²) in [5, 5.41) is 55.8. The zero-order chi connectivity index (χ0) is 14.3. The van der Waals surface area contributed by atoms with Crippen molar-refractivity contribution in [3.8, 4) is 0 Å². The van der Waals surface area contributed by atoms with Crippen molar-refractivity contribution in [3.63, 3.8) is 0 Å². The summed E-state index contributed by atoms with van der Waals surface area (Å²) in [6.07, 6.45) is -7.33. The minimum atomic E-state index is -1.83. The van der Waals surface area contributed by atoms with Gasteiger partial charge in [-0.15, -0.1) is 0 Å². The van der Waals surface area contributed by atoms with Gasteiger partial charge in [0.1, 0.15) is 0 Å². The number of carbonyl (C=O) groups is 4. The number of hydrogen-bond donors (Lipinski definition) is 8. The van der Waals surface area contributed by atoms with E-state index in [9.17, 15) is 0 Å². The Bertz CT molecular complexity index is 198. The van der Waals surface area contributed by atoms with Crippen LogP contribution in [0.25, 0.3) is 0 Å². The van der Waals surface area contributed by atoms with E-state index in [1.54, 1.807) is 0 Å². The molecule has 0 rings (SSSR count). The molecule has 0 aromatic carbocycles. The summed E-state index contributed by atoms with van der Waals surface area (Å²) < 4.78 is 0. The summed E-state index contributed by atoms with van der Waals surface area (Å²) in [7, 11) is 0. The Hall–Kier alpha value is 3.38. The van der Waals surface area contributed by atoms with Crippen molar-refractivity contribution in [3.05, 3.63) is 0 Å². The van der Waals surface area contributed by atoms with Crippen LogP contribution < -0.4 is 0 Å². The molecule has 0 aliphatic rings. The van der Waals surface area contributed by atoms with Crippen molar-refractivity contribution in [1.29, 1.82) is 0 Å². The predicted molar refractivity (Wildman–Crippen MR) is 82.5 cm³/mol. The van der Waals surface area contributed by atoms with E-state index in [-0.39, 0.29) is 203 Å². The van der Waals surface area contributed by atoms with E-state index >= 15 is 0 Å². The molecule has 8 N–H and O–H groups in total. The molecule has 0 heterocycles. The van der Waals surface area contributed by atoms with Crippen molar-refractivity contribution < 1.29 is 74.3 Å². The maximum atomic E-state index is 8.56. The van der Waals surface area contributed by atoms with Crippen LogP contribution in [0.2, 0.25) is 0 Å². The minimum absolute atomic E-state index is 0. The quantitative estimate of drug-likeness (QED) is 0.226. The average Bonchev–Trinajstić information content (AvgIpc) is 1.76. The number of hydrogen-bond acceptors (Lipinski definition) is 4. The zero-order valence-electron chi connectivity index (χ0n) is 20.7. The molecule has 21 heavy (non-hydrogen) atoms. The van der Waals surface area contributed by atoms with E-state index < -0.39 is 24.6 Å². The Kier molecular flexibility index (Phi) is 133. The van der Waals surface area contributed by atoms with Crippen LogP contribution in [0.3, 0.4) is 0 Å². The first kappa shape index (κ1) is 56.3. The van der Waals surface area contributed by atoms with Gasteiger partial charge in [0.25, 0.3) is 0 Å². The summed E-state index contributed by atoms with van der Waals surface area (Å²) in [5.41, 5.74) is 0. The molecule has 0 spiro atoms. The molecule has 0 radical (unpaired) electrons. The first-order valence-electron chi connectivity index (χ1n) is 2.61. The van der Waals surface area contributed by atoms with Gasteiger partial charge >= 0.3 is 213 Å². The van der Waals surface area contributed by atoms with Gasteiger partial charge in [0, 0.05) is 0 Å². The second-order valence-electron chi connectivity index (χ2n) is 1.13. The van der Waals surface area contributed by atoms with Crippen molar-refractivity contribution >= 4 is 213 Å². The van der Waals surface area contributed by atoms with Gasteiger partial charge in [-0.25, -0.2) is 19.2 Å². The Morgan fingerprint density at radius 3 is 0.381 bits per heavy atom. The molecule has 0 aliphatic carbocycles. The van der Waals surface area contributed by atoms with Crippen molar-refractivity contribution in [2.24, 2.45) is 0 Å². The van der Waals surface area contributed by atoms with Gasteiger partial charge in [-0.3, -0.25) is 0 Å². The van der Waals surface area contributed by atoms with Gasteiger partial charge in [-0.1, -0.05) is 0 Å². The molecule has 116 valence electrons. The predicted octanol–water partition coefficient (Wildman–Crippen LogP) is 0.111. The molecule has 0 fully saturated rings. The van der Waals surface area contributed by atoms with Crippen LogP contribution >= 0.6 is 0 Å². The van der Waals surface area contributed by atoms with Crippen LogP contribution in [0.5, 0.6) is 0 Å². The van der Waals surface area contributed by atoms with Crippen LogP contribution in [-0.2, 0) is 0 Å². The Balaban J connectivity index is -0.00000000314. The third kappa shape index (κ3) is 936.